The normalized spacial score (nSPS) is 12.8. The van der Waals surface area contributed by atoms with Gasteiger partial charge in [-0.2, -0.15) is 0 Å². The van der Waals surface area contributed by atoms with Gasteiger partial charge in [-0.3, -0.25) is 0 Å². The topological polar surface area (TPSA) is 61.4 Å². The number of urea groups is 1. The molecule has 4 heteroatoms. The summed E-state index contributed by atoms with van der Waals surface area (Å²) in [4.78, 5) is 12.1. The van der Waals surface area contributed by atoms with Crippen LogP contribution in [0.1, 0.15) is 57.2 Å². The average molecular weight is 306 g/mol. The molecule has 4 nitrogen and oxygen atoms in total. The second-order valence-electron chi connectivity index (χ2n) is 6.14. The first-order valence-electron chi connectivity index (χ1n) is 8.18. The largest absolute Gasteiger partial charge is 0.396 e. The lowest BCUT2D eigenvalue weighted by Crippen LogP contribution is -2.43. The zero-order valence-electron chi connectivity index (χ0n) is 14.3. The minimum atomic E-state index is -0.155. The van der Waals surface area contributed by atoms with Gasteiger partial charge in [0.15, 0.2) is 0 Å². The van der Waals surface area contributed by atoms with Crippen LogP contribution in [0.5, 0.6) is 0 Å². The maximum absolute atomic E-state index is 12.1. The van der Waals surface area contributed by atoms with Gasteiger partial charge in [-0.1, -0.05) is 43.7 Å². The molecule has 0 aliphatic rings. The van der Waals surface area contributed by atoms with Crippen LogP contribution >= 0.6 is 0 Å². The average Bonchev–Trinajstić information content (AvgIpc) is 2.52. The first kappa shape index (κ1) is 18.5. The molecule has 0 heterocycles. The van der Waals surface area contributed by atoms with Crippen LogP contribution in [-0.2, 0) is 0 Å². The van der Waals surface area contributed by atoms with Gasteiger partial charge in [0, 0.05) is 13.2 Å². The summed E-state index contributed by atoms with van der Waals surface area (Å²) >= 11 is 0. The van der Waals surface area contributed by atoms with Crippen LogP contribution in [0, 0.1) is 12.3 Å². The third kappa shape index (κ3) is 5.34. The van der Waals surface area contributed by atoms with Crippen LogP contribution < -0.4 is 10.6 Å². The summed E-state index contributed by atoms with van der Waals surface area (Å²) in [5, 5.41) is 15.1. The van der Waals surface area contributed by atoms with Crippen LogP contribution in [0.25, 0.3) is 0 Å². The summed E-state index contributed by atoms with van der Waals surface area (Å²) in [6.45, 7) is 8.98. The number of carbonyl (C=O) groups is 1. The Labute approximate surface area is 134 Å². The van der Waals surface area contributed by atoms with E-state index >= 15 is 0 Å². The molecule has 3 N–H and O–H groups in total. The van der Waals surface area contributed by atoms with E-state index in [1.54, 1.807) is 0 Å². The minimum absolute atomic E-state index is 0.0147. The van der Waals surface area contributed by atoms with Crippen LogP contribution in [0.2, 0.25) is 0 Å². The van der Waals surface area contributed by atoms with Crippen LogP contribution in [-0.4, -0.2) is 24.3 Å². The van der Waals surface area contributed by atoms with E-state index in [1.165, 1.54) is 5.56 Å². The van der Waals surface area contributed by atoms with E-state index in [9.17, 15) is 9.90 Å². The highest BCUT2D eigenvalue weighted by molar-refractivity contribution is 5.74. The van der Waals surface area contributed by atoms with Crippen molar-refractivity contribution in [2.75, 3.05) is 13.2 Å². The van der Waals surface area contributed by atoms with Crippen molar-refractivity contribution in [3.05, 3.63) is 35.4 Å². The first-order chi connectivity index (χ1) is 10.5. The molecule has 0 aliphatic carbocycles. The fraction of sp³-hybridized carbons (Fsp3) is 0.611. The number of hydrogen-bond acceptors (Lipinski definition) is 2. The van der Waals surface area contributed by atoms with Crippen molar-refractivity contribution in [3.63, 3.8) is 0 Å². The molecule has 0 fully saturated rings. The van der Waals surface area contributed by atoms with E-state index in [2.05, 4.69) is 24.5 Å². The Kier molecular flexibility index (Phi) is 7.39. The van der Waals surface area contributed by atoms with Gasteiger partial charge in [0.25, 0.3) is 0 Å². The number of amides is 2. The molecule has 1 aromatic rings. The number of aliphatic hydroxyl groups excluding tert-OH is 1. The summed E-state index contributed by atoms with van der Waals surface area (Å²) in [5.74, 6) is 0. The lowest BCUT2D eigenvalue weighted by Gasteiger charge is -2.31. The number of carbonyl (C=O) groups excluding carboxylic acids is 1. The maximum atomic E-state index is 12.1. The zero-order valence-corrected chi connectivity index (χ0v) is 14.3. The highest BCUT2D eigenvalue weighted by Gasteiger charge is 2.26. The molecule has 2 amide bonds. The summed E-state index contributed by atoms with van der Waals surface area (Å²) in [6, 6.07) is 7.98. The predicted molar refractivity (Wildman–Crippen MR) is 90.8 cm³/mol. The van der Waals surface area contributed by atoms with Gasteiger partial charge in [-0.05, 0) is 44.1 Å². The summed E-state index contributed by atoms with van der Waals surface area (Å²) in [5.41, 5.74) is 2.28. The van der Waals surface area contributed by atoms with E-state index < -0.39 is 0 Å². The van der Waals surface area contributed by atoms with E-state index in [-0.39, 0.29) is 24.1 Å². The van der Waals surface area contributed by atoms with Crippen molar-refractivity contribution < 1.29 is 9.90 Å². The molecule has 1 unspecified atom stereocenters. The van der Waals surface area contributed by atoms with Crippen molar-refractivity contribution in [2.24, 2.45) is 5.41 Å². The maximum Gasteiger partial charge on any atom is 0.315 e. The molecule has 0 aromatic heterocycles. The highest BCUT2D eigenvalue weighted by Crippen LogP contribution is 2.29. The molecule has 0 spiro atoms. The Hall–Kier alpha value is -1.55. The quantitative estimate of drug-likeness (QED) is 0.688. The van der Waals surface area contributed by atoms with Crippen LogP contribution in [0.3, 0.4) is 0 Å². The Balaban J connectivity index is 2.53. The van der Waals surface area contributed by atoms with Gasteiger partial charge in [-0.15, -0.1) is 0 Å². The van der Waals surface area contributed by atoms with Crippen molar-refractivity contribution in [2.45, 2.75) is 53.0 Å². The second kappa shape index (κ2) is 8.79. The fourth-order valence-electron chi connectivity index (χ4n) is 2.63. The third-order valence-corrected chi connectivity index (χ3v) is 4.69. The fourth-order valence-corrected chi connectivity index (χ4v) is 2.63. The molecule has 0 saturated heterocycles. The molecule has 22 heavy (non-hydrogen) atoms. The molecule has 0 radical (unpaired) electrons. The molecular weight excluding hydrogens is 276 g/mol. The molecule has 0 aliphatic heterocycles. The van der Waals surface area contributed by atoms with E-state index in [4.69, 9.17) is 0 Å². The number of aliphatic hydroxyl groups is 1. The van der Waals surface area contributed by atoms with Gasteiger partial charge in [0.05, 0.1) is 6.04 Å². The summed E-state index contributed by atoms with van der Waals surface area (Å²) in [7, 11) is 0. The molecular formula is C18H30N2O2. The molecule has 0 saturated carbocycles. The summed E-state index contributed by atoms with van der Waals surface area (Å²) < 4.78 is 0. The Bertz CT molecular complexity index is 453. The first-order valence-corrected chi connectivity index (χ1v) is 8.18. The highest BCUT2D eigenvalue weighted by atomic mass is 16.3. The molecule has 124 valence electrons. The summed E-state index contributed by atoms with van der Waals surface area (Å²) in [6.07, 6.45) is 2.60. The Morgan fingerprint density at radius 3 is 2.32 bits per heavy atom. The minimum Gasteiger partial charge on any atom is -0.396 e. The number of benzene rings is 1. The molecule has 1 rings (SSSR count). The number of rotatable bonds is 8. The zero-order chi connectivity index (χ0) is 16.6. The Morgan fingerprint density at radius 1 is 1.23 bits per heavy atom. The lowest BCUT2D eigenvalue weighted by atomic mass is 9.79. The molecule has 1 aromatic carbocycles. The monoisotopic (exact) mass is 306 g/mol. The SMILES string of the molecule is CCC(CC)(CCO)CNC(=O)NC(C)c1ccc(C)cc1. The number of nitrogens with one attached hydrogen (secondary N) is 2. The predicted octanol–water partition coefficient (Wildman–Crippen LogP) is 3.54. The van der Waals surface area contributed by atoms with Gasteiger partial charge in [-0.25, -0.2) is 4.79 Å². The standard InChI is InChI=1S/C18H30N2O2/c1-5-18(6-2,11-12-21)13-19-17(22)20-15(4)16-9-7-14(3)8-10-16/h7-10,15,21H,5-6,11-13H2,1-4H3,(H2,19,20,22). The van der Waals surface area contributed by atoms with Crippen LogP contribution in [0.4, 0.5) is 4.79 Å². The van der Waals surface area contributed by atoms with Crippen molar-refractivity contribution in [3.8, 4) is 0 Å². The number of aryl methyl sites for hydroxylation is 1. The number of hydrogen-bond donors (Lipinski definition) is 3. The third-order valence-electron chi connectivity index (χ3n) is 4.69. The van der Waals surface area contributed by atoms with E-state index in [0.717, 1.165) is 18.4 Å². The molecule has 1 atom stereocenters. The van der Waals surface area contributed by atoms with Crippen molar-refractivity contribution in [1.82, 2.24) is 10.6 Å². The van der Waals surface area contributed by atoms with Gasteiger partial charge < -0.3 is 15.7 Å². The lowest BCUT2D eigenvalue weighted by molar-refractivity contribution is 0.163. The van der Waals surface area contributed by atoms with Crippen LogP contribution in [0.15, 0.2) is 24.3 Å². The van der Waals surface area contributed by atoms with Crippen molar-refractivity contribution in [1.29, 1.82) is 0 Å². The van der Waals surface area contributed by atoms with E-state index in [0.29, 0.717) is 13.0 Å². The van der Waals surface area contributed by atoms with Gasteiger partial charge in [0.1, 0.15) is 0 Å². The van der Waals surface area contributed by atoms with Gasteiger partial charge >= 0.3 is 6.03 Å². The Morgan fingerprint density at radius 2 is 1.82 bits per heavy atom. The molecule has 0 bridgehead atoms. The van der Waals surface area contributed by atoms with E-state index in [1.807, 2.05) is 38.1 Å². The second-order valence-corrected chi connectivity index (χ2v) is 6.14. The van der Waals surface area contributed by atoms with Gasteiger partial charge in [0.2, 0.25) is 0 Å². The smallest absolute Gasteiger partial charge is 0.315 e. The van der Waals surface area contributed by atoms with Crippen molar-refractivity contribution >= 4 is 6.03 Å².